The van der Waals surface area contributed by atoms with Crippen LogP contribution in [-0.4, -0.2) is 38.0 Å². The second kappa shape index (κ2) is 5.17. The van der Waals surface area contributed by atoms with E-state index in [2.05, 4.69) is 4.74 Å². The number of aromatic hydroxyl groups is 1. The molecule has 20 heavy (non-hydrogen) atoms. The average Bonchev–Trinajstić information content (AvgIpc) is 2.44. The van der Waals surface area contributed by atoms with E-state index in [0.717, 1.165) is 5.56 Å². The molecule has 0 saturated carbocycles. The SMILES string of the molecule is COC(=O)c1cc(O)c2c(c1)CC(C)(OC)C=C2OC. The van der Waals surface area contributed by atoms with Gasteiger partial charge in [-0.3, -0.25) is 0 Å². The van der Waals surface area contributed by atoms with E-state index in [-0.39, 0.29) is 5.75 Å². The van der Waals surface area contributed by atoms with Crippen LogP contribution in [0.4, 0.5) is 0 Å². The second-order valence-electron chi connectivity index (χ2n) is 4.93. The maximum Gasteiger partial charge on any atom is 0.337 e. The summed E-state index contributed by atoms with van der Waals surface area (Å²) in [5.74, 6) is 0.0365. The Hall–Kier alpha value is -2.01. The van der Waals surface area contributed by atoms with Crippen LogP contribution in [-0.2, 0) is 20.6 Å². The first kappa shape index (κ1) is 14.4. The van der Waals surface area contributed by atoms with E-state index >= 15 is 0 Å². The van der Waals surface area contributed by atoms with Gasteiger partial charge in [-0.05, 0) is 30.7 Å². The van der Waals surface area contributed by atoms with Crippen LogP contribution in [0.25, 0.3) is 5.76 Å². The van der Waals surface area contributed by atoms with Crippen LogP contribution in [0.5, 0.6) is 5.75 Å². The van der Waals surface area contributed by atoms with Crippen molar-refractivity contribution in [2.75, 3.05) is 21.3 Å². The van der Waals surface area contributed by atoms with Crippen molar-refractivity contribution in [1.82, 2.24) is 0 Å². The molecule has 0 radical (unpaired) electrons. The summed E-state index contributed by atoms with van der Waals surface area (Å²) in [6.45, 7) is 1.91. The van der Waals surface area contributed by atoms with Crippen molar-refractivity contribution in [3.05, 3.63) is 34.9 Å². The minimum absolute atomic E-state index is 0.00541. The lowest BCUT2D eigenvalue weighted by atomic mass is 9.84. The molecule has 0 aromatic heterocycles. The Morgan fingerprint density at radius 3 is 2.55 bits per heavy atom. The van der Waals surface area contributed by atoms with E-state index in [1.165, 1.54) is 20.3 Å². The van der Waals surface area contributed by atoms with E-state index in [4.69, 9.17) is 9.47 Å². The largest absolute Gasteiger partial charge is 0.507 e. The molecule has 0 heterocycles. The Bertz CT molecular complexity index is 576. The standard InChI is InChI=1S/C15H18O5/c1-15(20-4)7-10-5-9(14(17)19-3)6-11(16)13(10)12(8-15)18-2/h5-6,8,16H,7H2,1-4H3. The molecule has 108 valence electrons. The summed E-state index contributed by atoms with van der Waals surface area (Å²) in [6, 6.07) is 3.08. The van der Waals surface area contributed by atoms with E-state index in [0.29, 0.717) is 23.3 Å². The lowest BCUT2D eigenvalue weighted by molar-refractivity contribution is 0.0460. The highest BCUT2D eigenvalue weighted by Gasteiger charge is 2.32. The highest BCUT2D eigenvalue weighted by Crippen LogP contribution is 2.39. The van der Waals surface area contributed by atoms with Crippen molar-refractivity contribution in [3.8, 4) is 5.75 Å². The van der Waals surface area contributed by atoms with Gasteiger partial charge >= 0.3 is 5.97 Å². The monoisotopic (exact) mass is 278 g/mol. The number of esters is 1. The van der Waals surface area contributed by atoms with Gasteiger partial charge < -0.3 is 19.3 Å². The molecule has 0 amide bonds. The van der Waals surface area contributed by atoms with Crippen LogP contribution < -0.4 is 0 Å². The highest BCUT2D eigenvalue weighted by atomic mass is 16.5. The van der Waals surface area contributed by atoms with Crippen molar-refractivity contribution in [3.63, 3.8) is 0 Å². The maximum absolute atomic E-state index is 11.6. The van der Waals surface area contributed by atoms with Crippen molar-refractivity contribution in [1.29, 1.82) is 0 Å². The van der Waals surface area contributed by atoms with Crippen molar-refractivity contribution in [2.45, 2.75) is 18.9 Å². The summed E-state index contributed by atoms with van der Waals surface area (Å²) in [6.07, 6.45) is 2.36. The van der Waals surface area contributed by atoms with Gasteiger partial charge in [-0.15, -0.1) is 0 Å². The third-order valence-corrected chi connectivity index (χ3v) is 3.53. The van der Waals surface area contributed by atoms with Gasteiger partial charge in [0.1, 0.15) is 11.5 Å². The molecule has 0 spiro atoms. The fourth-order valence-corrected chi connectivity index (χ4v) is 2.42. The van der Waals surface area contributed by atoms with Gasteiger partial charge in [-0.2, -0.15) is 0 Å². The Kier molecular flexibility index (Phi) is 3.72. The summed E-state index contributed by atoms with van der Waals surface area (Å²) in [5, 5.41) is 10.2. The summed E-state index contributed by atoms with van der Waals surface area (Å²) >= 11 is 0. The molecule has 1 aromatic carbocycles. The molecule has 1 unspecified atom stereocenters. The Morgan fingerprint density at radius 1 is 1.30 bits per heavy atom. The van der Waals surface area contributed by atoms with Crippen LogP contribution in [0.2, 0.25) is 0 Å². The molecule has 0 fully saturated rings. The predicted molar refractivity (Wildman–Crippen MR) is 73.6 cm³/mol. The first-order valence-electron chi connectivity index (χ1n) is 6.20. The number of methoxy groups -OCH3 is 3. The molecule has 5 heteroatoms. The number of rotatable bonds is 3. The van der Waals surface area contributed by atoms with Gasteiger partial charge in [0, 0.05) is 13.5 Å². The minimum atomic E-state index is -0.542. The number of hydrogen-bond donors (Lipinski definition) is 1. The zero-order valence-corrected chi connectivity index (χ0v) is 12.0. The van der Waals surface area contributed by atoms with Gasteiger partial charge in [0.2, 0.25) is 0 Å². The van der Waals surface area contributed by atoms with E-state index in [9.17, 15) is 9.90 Å². The number of phenolic OH excluding ortho intramolecular Hbond substituents is 1. The zero-order chi connectivity index (χ0) is 14.9. The molecular formula is C15H18O5. The molecule has 1 atom stereocenters. The predicted octanol–water partition coefficient (Wildman–Crippen LogP) is 2.13. The number of carbonyl (C=O) groups excluding carboxylic acids is 1. The first-order valence-corrected chi connectivity index (χ1v) is 6.20. The molecule has 0 aliphatic heterocycles. The number of hydrogen-bond acceptors (Lipinski definition) is 5. The number of phenols is 1. The van der Waals surface area contributed by atoms with Crippen LogP contribution in [0.15, 0.2) is 18.2 Å². The molecule has 1 aliphatic rings. The topological polar surface area (TPSA) is 65.0 Å². The fourth-order valence-electron chi connectivity index (χ4n) is 2.42. The third-order valence-electron chi connectivity index (χ3n) is 3.53. The lowest BCUT2D eigenvalue weighted by Crippen LogP contribution is -2.31. The molecule has 1 aromatic rings. The first-order chi connectivity index (χ1) is 9.44. The van der Waals surface area contributed by atoms with Crippen LogP contribution in [0, 0.1) is 0 Å². The van der Waals surface area contributed by atoms with Crippen molar-refractivity contribution >= 4 is 11.7 Å². The molecule has 0 bridgehead atoms. The molecule has 1 N–H and O–H groups in total. The Morgan fingerprint density at radius 2 is 2.00 bits per heavy atom. The lowest BCUT2D eigenvalue weighted by Gasteiger charge is -2.31. The summed E-state index contributed by atoms with van der Waals surface area (Å²) < 4.78 is 15.5. The van der Waals surface area contributed by atoms with Crippen molar-refractivity contribution in [2.24, 2.45) is 0 Å². The molecule has 2 rings (SSSR count). The summed E-state index contributed by atoms with van der Waals surface area (Å²) in [7, 11) is 4.45. The van der Waals surface area contributed by atoms with E-state index in [1.807, 2.05) is 13.0 Å². The van der Waals surface area contributed by atoms with Gasteiger partial charge in [0.05, 0.1) is 30.9 Å². The molecule has 0 saturated heterocycles. The number of fused-ring (bicyclic) bond motifs is 1. The third kappa shape index (κ3) is 2.36. The minimum Gasteiger partial charge on any atom is -0.507 e. The Labute approximate surface area is 117 Å². The van der Waals surface area contributed by atoms with Crippen LogP contribution >= 0.6 is 0 Å². The summed E-state index contributed by atoms with van der Waals surface area (Å²) in [5.41, 5.74) is 1.14. The van der Waals surface area contributed by atoms with Gasteiger partial charge in [-0.25, -0.2) is 4.79 Å². The quantitative estimate of drug-likeness (QED) is 0.858. The normalized spacial score (nSPS) is 20.9. The van der Waals surface area contributed by atoms with Crippen LogP contribution in [0.1, 0.15) is 28.4 Å². The van der Waals surface area contributed by atoms with Crippen molar-refractivity contribution < 1.29 is 24.1 Å². The fraction of sp³-hybridized carbons (Fsp3) is 0.400. The Balaban J connectivity index is 2.60. The van der Waals surface area contributed by atoms with Gasteiger partial charge in [0.15, 0.2) is 0 Å². The van der Waals surface area contributed by atoms with Gasteiger partial charge in [0.25, 0.3) is 0 Å². The highest BCUT2D eigenvalue weighted by molar-refractivity contribution is 5.91. The van der Waals surface area contributed by atoms with E-state index in [1.54, 1.807) is 13.2 Å². The zero-order valence-electron chi connectivity index (χ0n) is 12.0. The molecule has 5 nitrogen and oxygen atoms in total. The van der Waals surface area contributed by atoms with Gasteiger partial charge in [-0.1, -0.05) is 0 Å². The second-order valence-corrected chi connectivity index (χ2v) is 4.93. The number of carbonyl (C=O) groups is 1. The molecular weight excluding hydrogens is 260 g/mol. The summed E-state index contributed by atoms with van der Waals surface area (Å²) in [4.78, 5) is 11.6. The van der Waals surface area contributed by atoms with Crippen LogP contribution in [0.3, 0.4) is 0 Å². The average molecular weight is 278 g/mol. The number of benzene rings is 1. The smallest absolute Gasteiger partial charge is 0.337 e. The maximum atomic E-state index is 11.6. The van der Waals surface area contributed by atoms with E-state index < -0.39 is 11.6 Å². The number of ether oxygens (including phenoxy) is 3. The molecule has 1 aliphatic carbocycles.